The molecule has 1 aliphatic heterocycles. The van der Waals surface area contributed by atoms with Gasteiger partial charge >= 0.3 is 0 Å². The number of fused-ring (bicyclic) bond motifs is 1. The zero-order chi connectivity index (χ0) is 25.7. The van der Waals surface area contributed by atoms with Gasteiger partial charge in [-0.15, -0.1) is 0 Å². The standard InChI is InChI=1S/C28H36N8/c1-22(2)34-17-15-33(16-18-34)14-6-7-23-8-10-24(11-9-23)32-35(21-28(3,4)5)27-19-25(20-29)31-26-12-13-30-36(26)27/h8-13,19,22,32H,14-18,21H2,1-5H3. The minimum Gasteiger partial charge on any atom is -0.298 e. The Morgan fingerprint density at radius 1 is 1.08 bits per heavy atom. The van der Waals surface area contributed by atoms with Crippen molar-refractivity contribution in [2.75, 3.05) is 49.7 Å². The van der Waals surface area contributed by atoms with Crippen LogP contribution in [0.1, 0.15) is 45.9 Å². The van der Waals surface area contributed by atoms with Crippen molar-refractivity contribution in [3.05, 3.63) is 53.9 Å². The number of piperazine rings is 1. The Hall–Kier alpha value is -3.59. The van der Waals surface area contributed by atoms with Crippen molar-refractivity contribution in [2.24, 2.45) is 5.41 Å². The predicted octanol–water partition coefficient (Wildman–Crippen LogP) is 3.86. The summed E-state index contributed by atoms with van der Waals surface area (Å²) in [6, 6.07) is 14.5. The molecule has 0 aliphatic carbocycles. The van der Waals surface area contributed by atoms with Crippen LogP contribution in [0.3, 0.4) is 0 Å². The fourth-order valence-corrected chi connectivity index (χ4v) is 4.27. The second kappa shape index (κ2) is 11.0. The lowest BCUT2D eigenvalue weighted by Gasteiger charge is -2.36. The number of aromatic nitrogens is 3. The van der Waals surface area contributed by atoms with Crippen molar-refractivity contribution in [3.8, 4) is 17.9 Å². The summed E-state index contributed by atoms with van der Waals surface area (Å²) in [5.41, 5.74) is 6.43. The number of nitriles is 1. The van der Waals surface area contributed by atoms with Crippen LogP contribution in [0.4, 0.5) is 11.5 Å². The van der Waals surface area contributed by atoms with Gasteiger partial charge in [0.25, 0.3) is 0 Å². The van der Waals surface area contributed by atoms with Crippen LogP contribution in [0, 0.1) is 28.6 Å². The number of hydrogen-bond donors (Lipinski definition) is 1. The lowest BCUT2D eigenvalue weighted by molar-refractivity contribution is 0.118. The molecule has 0 unspecified atom stereocenters. The van der Waals surface area contributed by atoms with E-state index in [-0.39, 0.29) is 5.41 Å². The molecule has 0 amide bonds. The lowest BCUT2D eigenvalue weighted by Crippen LogP contribution is -2.48. The summed E-state index contributed by atoms with van der Waals surface area (Å²) in [7, 11) is 0. The summed E-state index contributed by atoms with van der Waals surface area (Å²) in [4.78, 5) is 9.29. The van der Waals surface area contributed by atoms with Crippen molar-refractivity contribution in [1.29, 1.82) is 5.26 Å². The van der Waals surface area contributed by atoms with Crippen LogP contribution in [0.25, 0.3) is 5.65 Å². The molecule has 0 saturated carbocycles. The molecule has 8 heteroatoms. The molecule has 1 aromatic carbocycles. The van der Waals surface area contributed by atoms with Gasteiger partial charge in [-0.1, -0.05) is 32.6 Å². The van der Waals surface area contributed by atoms with E-state index >= 15 is 0 Å². The topological polar surface area (TPSA) is 75.7 Å². The van der Waals surface area contributed by atoms with Crippen LogP contribution < -0.4 is 10.4 Å². The molecule has 36 heavy (non-hydrogen) atoms. The third-order valence-electron chi connectivity index (χ3n) is 6.19. The molecule has 1 fully saturated rings. The number of anilines is 2. The number of hydrazine groups is 1. The van der Waals surface area contributed by atoms with E-state index < -0.39 is 0 Å². The lowest BCUT2D eigenvalue weighted by atomic mass is 9.96. The van der Waals surface area contributed by atoms with Gasteiger partial charge in [-0.2, -0.15) is 14.9 Å². The maximum absolute atomic E-state index is 9.48. The minimum atomic E-state index is -0.00534. The van der Waals surface area contributed by atoms with Crippen molar-refractivity contribution < 1.29 is 0 Å². The van der Waals surface area contributed by atoms with E-state index in [1.807, 2.05) is 29.3 Å². The van der Waals surface area contributed by atoms with Crippen LogP contribution in [0.15, 0.2) is 42.6 Å². The van der Waals surface area contributed by atoms with Crippen LogP contribution >= 0.6 is 0 Å². The highest BCUT2D eigenvalue weighted by Gasteiger charge is 2.21. The maximum atomic E-state index is 9.48. The zero-order valence-corrected chi connectivity index (χ0v) is 22.0. The molecule has 0 atom stereocenters. The van der Waals surface area contributed by atoms with Crippen LogP contribution in [-0.4, -0.2) is 69.7 Å². The highest BCUT2D eigenvalue weighted by atomic mass is 15.6. The fourth-order valence-electron chi connectivity index (χ4n) is 4.27. The van der Waals surface area contributed by atoms with Gasteiger partial charge in [0.1, 0.15) is 11.8 Å². The van der Waals surface area contributed by atoms with E-state index in [0.29, 0.717) is 23.9 Å². The smallest absolute Gasteiger partial charge is 0.158 e. The van der Waals surface area contributed by atoms with E-state index in [0.717, 1.165) is 49.8 Å². The highest BCUT2D eigenvalue weighted by Crippen LogP contribution is 2.24. The van der Waals surface area contributed by atoms with Crippen molar-refractivity contribution >= 4 is 17.2 Å². The molecule has 1 saturated heterocycles. The fraction of sp³-hybridized carbons (Fsp3) is 0.464. The molecule has 8 nitrogen and oxygen atoms in total. The molecule has 4 rings (SSSR count). The summed E-state index contributed by atoms with van der Waals surface area (Å²) in [5, 5.41) is 15.9. The molecule has 0 radical (unpaired) electrons. The van der Waals surface area contributed by atoms with E-state index in [1.165, 1.54) is 0 Å². The monoisotopic (exact) mass is 484 g/mol. The number of nitrogens with one attached hydrogen (secondary N) is 1. The molecular weight excluding hydrogens is 448 g/mol. The largest absolute Gasteiger partial charge is 0.298 e. The first-order chi connectivity index (χ1) is 17.2. The molecule has 0 bridgehead atoms. The summed E-state index contributed by atoms with van der Waals surface area (Å²) >= 11 is 0. The van der Waals surface area contributed by atoms with Gasteiger partial charge < -0.3 is 0 Å². The molecule has 1 N–H and O–H groups in total. The first kappa shape index (κ1) is 25.5. The number of nitrogens with zero attached hydrogens (tertiary/aromatic N) is 7. The molecule has 188 valence electrons. The summed E-state index contributed by atoms with van der Waals surface area (Å²) < 4.78 is 1.75. The van der Waals surface area contributed by atoms with Crippen molar-refractivity contribution in [1.82, 2.24) is 24.4 Å². The predicted molar refractivity (Wildman–Crippen MR) is 145 cm³/mol. The van der Waals surface area contributed by atoms with Gasteiger partial charge in [-0.25, -0.2) is 4.98 Å². The maximum Gasteiger partial charge on any atom is 0.158 e. The van der Waals surface area contributed by atoms with Crippen molar-refractivity contribution in [3.63, 3.8) is 0 Å². The average molecular weight is 485 g/mol. The SMILES string of the molecule is CC(C)N1CCN(CC#Cc2ccc(NN(CC(C)(C)C)c3cc(C#N)nc4ccnn34)cc2)CC1. The van der Waals surface area contributed by atoms with E-state index in [2.05, 4.69) is 77.8 Å². The Labute approximate surface area is 214 Å². The second-order valence-electron chi connectivity index (χ2n) is 10.8. The Morgan fingerprint density at radius 2 is 1.81 bits per heavy atom. The third kappa shape index (κ3) is 6.54. The molecule has 0 spiro atoms. The molecule has 3 aromatic rings. The molecule has 1 aliphatic rings. The van der Waals surface area contributed by atoms with Gasteiger partial charge in [-0.05, 0) is 43.5 Å². The first-order valence-electron chi connectivity index (χ1n) is 12.6. The average Bonchev–Trinajstić information content (AvgIpc) is 3.32. The van der Waals surface area contributed by atoms with Crippen LogP contribution in [0.5, 0.6) is 0 Å². The van der Waals surface area contributed by atoms with Gasteiger partial charge in [0.2, 0.25) is 0 Å². The quantitative estimate of drug-likeness (QED) is 0.421. The number of rotatable bonds is 6. The normalized spacial score (nSPS) is 14.9. The zero-order valence-electron chi connectivity index (χ0n) is 22.0. The van der Waals surface area contributed by atoms with Gasteiger partial charge in [0.05, 0.1) is 18.4 Å². The van der Waals surface area contributed by atoms with Gasteiger partial charge in [0, 0.05) is 56.5 Å². The Balaban J connectivity index is 1.46. The first-order valence-corrected chi connectivity index (χ1v) is 12.6. The third-order valence-corrected chi connectivity index (χ3v) is 6.19. The summed E-state index contributed by atoms with van der Waals surface area (Å²) in [5.74, 6) is 7.41. The Kier molecular flexibility index (Phi) is 7.79. The number of hydrogen-bond acceptors (Lipinski definition) is 7. The van der Waals surface area contributed by atoms with Gasteiger partial charge in [-0.3, -0.25) is 20.2 Å². The Bertz CT molecular complexity index is 1260. The summed E-state index contributed by atoms with van der Waals surface area (Å²) in [6.07, 6.45) is 1.69. The van der Waals surface area contributed by atoms with E-state index in [9.17, 15) is 5.26 Å². The molecular formula is C28H36N8. The second-order valence-corrected chi connectivity index (χ2v) is 10.8. The van der Waals surface area contributed by atoms with Crippen molar-refractivity contribution in [2.45, 2.75) is 40.7 Å². The Morgan fingerprint density at radius 3 is 2.44 bits per heavy atom. The van der Waals surface area contributed by atoms with Gasteiger partial charge in [0.15, 0.2) is 11.5 Å². The number of benzene rings is 1. The van der Waals surface area contributed by atoms with Crippen LogP contribution in [0.2, 0.25) is 0 Å². The van der Waals surface area contributed by atoms with Crippen LogP contribution in [-0.2, 0) is 0 Å². The highest BCUT2D eigenvalue weighted by molar-refractivity contribution is 5.58. The van der Waals surface area contributed by atoms with E-state index in [4.69, 9.17) is 0 Å². The minimum absolute atomic E-state index is 0.00534. The molecule has 2 aromatic heterocycles. The molecule has 3 heterocycles. The van der Waals surface area contributed by atoms with E-state index in [1.54, 1.807) is 22.8 Å². The summed E-state index contributed by atoms with van der Waals surface area (Å²) in [6.45, 7) is 16.9.